The van der Waals surface area contributed by atoms with Crippen molar-refractivity contribution in [2.75, 3.05) is 0 Å². The highest BCUT2D eigenvalue weighted by molar-refractivity contribution is 6.02. The molecule has 0 spiro atoms. The van der Waals surface area contributed by atoms with Crippen LogP contribution in [0.4, 0.5) is 0 Å². The number of aryl methyl sites for hydroxylation is 4. The van der Waals surface area contributed by atoms with E-state index < -0.39 is 12.1 Å². The summed E-state index contributed by atoms with van der Waals surface area (Å²) in [5.41, 5.74) is 4.44. The fourth-order valence-electron chi connectivity index (χ4n) is 3.05. The van der Waals surface area contributed by atoms with E-state index in [9.17, 15) is 9.59 Å². The summed E-state index contributed by atoms with van der Waals surface area (Å²) in [7, 11) is 0. The summed E-state index contributed by atoms with van der Waals surface area (Å²) >= 11 is 0. The van der Waals surface area contributed by atoms with Gasteiger partial charge < -0.3 is 14.0 Å². The average Bonchev–Trinajstić information content (AvgIpc) is 3.05. The van der Waals surface area contributed by atoms with Gasteiger partial charge in [0.1, 0.15) is 18.1 Å². The molecule has 156 valence electrons. The van der Waals surface area contributed by atoms with Crippen LogP contribution in [0.2, 0.25) is 0 Å². The zero-order valence-corrected chi connectivity index (χ0v) is 17.8. The number of esters is 1. The van der Waals surface area contributed by atoms with Crippen molar-refractivity contribution >= 4 is 11.8 Å². The van der Waals surface area contributed by atoms with Crippen molar-refractivity contribution in [2.24, 2.45) is 0 Å². The minimum atomic E-state index is -0.881. The molecule has 0 bridgehead atoms. The first-order valence-electron chi connectivity index (χ1n) is 9.73. The highest BCUT2D eigenvalue weighted by atomic mass is 16.5. The van der Waals surface area contributed by atoms with E-state index in [2.05, 4.69) is 5.16 Å². The first-order valence-corrected chi connectivity index (χ1v) is 9.73. The molecule has 0 saturated heterocycles. The molecule has 0 radical (unpaired) electrons. The Balaban J connectivity index is 1.61. The quantitative estimate of drug-likeness (QED) is 0.409. The molecule has 1 aromatic heterocycles. The lowest BCUT2D eigenvalue weighted by atomic mass is 9.99. The number of hydrogen-bond donors (Lipinski definition) is 0. The van der Waals surface area contributed by atoms with Crippen LogP contribution in [0.25, 0.3) is 0 Å². The van der Waals surface area contributed by atoms with Gasteiger partial charge in [-0.1, -0.05) is 22.9 Å². The highest BCUT2D eigenvalue weighted by Crippen LogP contribution is 2.19. The molecular weight excluding hydrogens is 382 g/mol. The number of carbonyl (C=O) groups is 2. The van der Waals surface area contributed by atoms with E-state index in [1.54, 1.807) is 31.2 Å². The average molecular weight is 407 g/mol. The van der Waals surface area contributed by atoms with Crippen LogP contribution in [0.15, 0.2) is 47.0 Å². The number of benzene rings is 2. The topological polar surface area (TPSA) is 78.6 Å². The second kappa shape index (κ2) is 8.95. The van der Waals surface area contributed by atoms with Crippen LogP contribution in [0.3, 0.4) is 0 Å². The first-order chi connectivity index (χ1) is 14.3. The smallest absolute Gasteiger partial charge is 0.338 e. The molecule has 0 aliphatic heterocycles. The van der Waals surface area contributed by atoms with Gasteiger partial charge in [0.2, 0.25) is 5.78 Å². The van der Waals surface area contributed by atoms with Gasteiger partial charge in [0.05, 0.1) is 16.8 Å². The van der Waals surface area contributed by atoms with Crippen molar-refractivity contribution in [3.8, 4) is 5.75 Å². The summed E-state index contributed by atoms with van der Waals surface area (Å²) in [5, 5.41) is 3.90. The normalized spacial score (nSPS) is 11.8. The van der Waals surface area contributed by atoms with Gasteiger partial charge >= 0.3 is 5.97 Å². The molecule has 0 fully saturated rings. The number of carbonyl (C=O) groups excluding carboxylic acids is 2. The van der Waals surface area contributed by atoms with Crippen molar-refractivity contribution in [1.82, 2.24) is 5.16 Å². The fourth-order valence-corrected chi connectivity index (χ4v) is 3.05. The predicted molar refractivity (Wildman–Crippen MR) is 112 cm³/mol. The van der Waals surface area contributed by atoms with Crippen LogP contribution in [0, 0.1) is 27.7 Å². The number of nitrogens with zero attached hydrogens (tertiary/aromatic N) is 1. The Kier molecular flexibility index (Phi) is 6.35. The molecule has 0 aliphatic rings. The first kappa shape index (κ1) is 21.3. The Labute approximate surface area is 175 Å². The monoisotopic (exact) mass is 407 g/mol. The van der Waals surface area contributed by atoms with Gasteiger partial charge in [0.15, 0.2) is 6.10 Å². The van der Waals surface area contributed by atoms with Gasteiger partial charge in [0, 0.05) is 5.56 Å². The van der Waals surface area contributed by atoms with Crippen LogP contribution >= 0.6 is 0 Å². The van der Waals surface area contributed by atoms with Crippen molar-refractivity contribution in [2.45, 2.75) is 47.3 Å². The minimum Gasteiger partial charge on any atom is -0.489 e. The van der Waals surface area contributed by atoms with E-state index in [-0.39, 0.29) is 5.78 Å². The van der Waals surface area contributed by atoms with Crippen molar-refractivity contribution in [1.29, 1.82) is 0 Å². The van der Waals surface area contributed by atoms with Gasteiger partial charge in [-0.05, 0) is 70.5 Å². The number of ether oxygens (including phenoxy) is 2. The molecule has 30 heavy (non-hydrogen) atoms. The summed E-state index contributed by atoms with van der Waals surface area (Å²) in [6.45, 7) is 9.38. The third-order valence-electron chi connectivity index (χ3n) is 4.97. The molecule has 0 aliphatic carbocycles. The zero-order valence-electron chi connectivity index (χ0n) is 17.8. The molecule has 2 aromatic carbocycles. The van der Waals surface area contributed by atoms with Gasteiger partial charge in [-0.2, -0.15) is 0 Å². The maximum atomic E-state index is 12.7. The molecule has 0 saturated carbocycles. The van der Waals surface area contributed by atoms with Gasteiger partial charge in [-0.15, -0.1) is 0 Å². The Bertz CT molecular complexity index is 1050. The van der Waals surface area contributed by atoms with Gasteiger partial charge in [0.25, 0.3) is 0 Å². The molecule has 3 rings (SSSR count). The fraction of sp³-hybridized carbons (Fsp3) is 0.292. The molecule has 1 atom stereocenters. The van der Waals surface area contributed by atoms with Crippen molar-refractivity contribution < 1.29 is 23.6 Å². The number of aromatic nitrogens is 1. The largest absolute Gasteiger partial charge is 0.489 e. The standard InChI is InChI=1S/C24H25NO5/c1-14-6-7-15(2)21(12-14)23(26)18(5)29-24(27)19-8-10-20(11-9-19)28-13-22-16(3)25-30-17(22)4/h6-12,18H,13H2,1-5H3/t18-/m0/s1. The lowest BCUT2D eigenvalue weighted by Gasteiger charge is -2.14. The molecule has 6 heteroatoms. The Morgan fingerprint density at radius 3 is 2.37 bits per heavy atom. The van der Waals surface area contributed by atoms with Crippen molar-refractivity contribution in [3.63, 3.8) is 0 Å². The van der Waals surface area contributed by atoms with E-state index in [0.717, 1.165) is 28.1 Å². The molecule has 0 amide bonds. The molecule has 0 N–H and O–H groups in total. The molecule has 1 heterocycles. The number of Topliss-reactive ketones (excluding diaryl/α,β-unsaturated/α-hetero) is 1. The van der Waals surface area contributed by atoms with Crippen LogP contribution in [-0.2, 0) is 11.3 Å². The lowest BCUT2D eigenvalue weighted by molar-refractivity contribution is 0.0318. The second-order valence-corrected chi connectivity index (χ2v) is 7.35. The van der Waals surface area contributed by atoms with Crippen LogP contribution in [-0.4, -0.2) is 23.0 Å². The summed E-state index contributed by atoms with van der Waals surface area (Å²) in [6.07, 6.45) is -0.881. The third-order valence-corrected chi connectivity index (χ3v) is 4.97. The van der Waals surface area contributed by atoms with E-state index in [4.69, 9.17) is 14.0 Å². The summed E-state index contributed by atoms with van der Waals surface area (Å²) in [4.78, 5) is 25.1. The predicted octanol–water partition coefficient (Wildman–Crippen LogP) is 4.92. The minimum absolute atomic E-state index is 0.219. The highest BCUT2D eigenvalue weighted by Gasteiger charge is 2.22. The SMILES string of the molecule is Cc1ccc(C)c(C(=O)[C@H](C)OC(=O)c2ccc(OCc3c(C)noc3C)cc2)c1. The van der Waals surface area contributed by atoms with E-state index in [1.165, 1.54) is 0 Å². The number of rotatable bonds is 7. The van der Waals surface area contributed by atoms with Crippen LogP contribution < -0.4 is 4.74 Å². The number of hydrogen-bond acceptors (Lipinski definition) is 6. The number of ketones is 1. The Morgan fingerprint density at radius 2 is 1.73 bits per heavy atom. The maximum absolute atomic E-state index is 12.7. The van der Waals surface area contributed by atoms with Gasteiger partial charge in [-0.3, -0.25) is 4.79 Å². The van der Waals surface area contributed by atoms with E-state index in [1.807, 2.05) is 45.9 Å². The van der Waals surface area contributed by atoms with Gasteiger partial charge in [-0.25, -0.2) is 4.79 Å². The van der Waals surface area contributed by atoms with Crippen LogP contribution in [0.1, 0.15) is 55.8 Å². The summed E-state index contributed by atoms with van der Waals surface area (Å²) in [6, 6.07) is 12.2. The maximum Gasteiger partial charge on any atom is 0.338 e. The second-order valence-electron chi connectivity index (χ2n) is 7.35. The third kappa shape index (κ3) is 4.76. The Hall–Kier alpha value is -3.41. The summed E-state index contributed by atoms with van der Waals surface area (Å²) in [5.74, 6) is 0.545. The molecule has 6 nitrogen and oxygen atoms in total. The van der Waals surface area contributed by atoms with E-state index in [0.29, 0.717) is 23.5 Å². The van der Waals surface area contributed by atoms with E-state index >= 15 is 0 Å². The van der Waals surface area contributed by atoms with Crippen molar-refractivity contribution in [3.05, 3.63) is 81.7 Å². The molecule has 0 unspecified atom stereocenters. The van der Waals surface area contributed by atoms with Crippen LogP contribution in [0.5, 0.6) is 5.75 Å². The molecule has 3 aromatic rings. The zero-order chi connectivity index (χ0) is 21.8. The summed E-state index contributed by atoms with van der Waals surface area (Å²) < 4.78 is 16.2. The Morgan fingerprint density at radius 1 is 1.03 bits per heavy atom. The molecular formula is C24H25NO5. The lowest BCUT2D eigenvalue weighted by Crippen LogP contribution is -2.25.